The average molecular weight is 158 g/mol. The van der Waals surface area contributed by atoms with Crippen molar-refractivity contribution < 1.29 is 19.0 Å². The van der Waals surface area contributed by atoms with E-state index in [0.717, 1.165) is 0 Å². The first-order valence-electron chi connectivity index (χ1n) is 3.73. The maximum atomic E-state index is 10.9. The smallest absolute Gasteiger partial charge is 0.184 e. The Hall–Kier alpha value is -0.450. The largest absolute Gasteiger partial charge is 0.370 e. The lowest BCUT2D eigenvalue weighted by molar-refractivity contribution is -0.258. The van der Waals surface area contributed by atoms with Gasteiger partial charge in [-0.05, 0) is 0 Å². The molecule has 4 heteroatoms. The van der Waals surface area contributed by atoms with Crippen molar-refractivity contribution in [3.8, 4) is 0 Å². The Morgan fingerprint density at radius 2 is 2.00 bits per heavy atom. The van der Waals surface area contributed by atoms with E-state index in [1.54, 1.807) is 0 Å². The van der Waals surface area contributed by atoms with E-state index in [4.69, 9.17) is 14.2 Å². The zero-order valence-electron chi connectivity index (χ0n) is 6.12. The number of hydrogen-bond donors (Lipinski definition) is 0. The molecule has 0 spiro atoms. The molecule has 4 nitrogen and oxygen atoms in total. The molecule has 0 saturated carbocycles. The van der Waals surface area contributed by atoms with Crippen LogP contribution in [-0.4, -0.2) is 38.0 Å². The first-order chi connectivity index (χ1) is 5.36. The van der Waals surface area contributed by atoms with Crippen molar-refractivity contribution in [2.75, 3.05) is 19.8 Å². The van der Waals surface area contributed by atoms with Gasteiger partial charge in [-0.25, -0.2) is 0 Å². The van der Waals surface area contributed by atoms with Gasteiger partial charge >= 0.3 is 0 Å². The second-order valence-electron chi connectivity index (χ2n) is 2.70. The van der Waals surface area contributed by atoms with E-state index in [9.17, 15) is 4.79 Å². The fourth-order valence-corrected chi connectivity index (χ4v) is 1.32. The molecule has 11 heavy (non-hydrogen) atoms. The Morgan fingerprint density at radius 3 is 2.91 bits per heavy atom. The molecule has 2 rings (SSSR count). The van der Waals surface area contributed by atoms with Gasteiger partial charge in [0.15, 0.2) is 12.1 Å². The predicted octanol–water partition coefficient (Wildman–Crippen LogP) is -0.283. The highest BCUT2D eigenvalue weighted by Gasteiger charge is 2.33. The third kappa shape index (κ3) is 1.42. The topological polar surface area (TPSA) is 44.8 Å². The summed E-state index contributed by atoms with van der Waals surface area (Å²) in [6.45, 7) is 1.30. The second kappa shape index (κ2) is 2.89. The summed E-state index contributed by atoms with van der Waals surface area (Å²) < 4.78 is 15.6. The third-order valence-corrected chi connectivity index (χ3v) is 1.84. The molecule has 0 N–H and O–H groups in total. The summed E-state index contributed by atoms with van der Waals surface area (Å²) in [7, 11) is 0. The number of carbonyl (C=O) groups excluding carboxylic acids is 1. The predicted molar refractivity (Wildman–Crippen MR) is 35.1 cm³/mol. The SMILES string of the molecule is O=C1CO[C@@H]2OCCO[C@@H]2C1. The Morgan fingerprint density at radius 1 is 1.18 bits per heavy atom. The zero-order valence-corrected chi connectivity index (χ0v) is 6.12. The number of rotatable bonds is 0. The Balaban J connectivity index is 1.98. The average Bonchev–Trinajstić information content (AvgIpc) is 2.04. The molecule has 0 aliphatic carbocycles. The molecule has 0 unspecified atom stereocenters. The monoisotopic (exact) mass is 158 g/mol. The minimum Gasteiger partial charge on any atom is -0.370 e. The molecule has 2 atom stereocenters. The van der Waals surface area contributed by atoms with Crippen molar-refractivity contribution in [3.63, 3.8) is 0 Å². The first-order valence-corrected chi connectivity index (χ1v) is 3.73. The molecule has 2 saturated heterocycles. The molecule has 0 bridgehead atoms. The molecule has 2 heterocycles. The van der Waals surface area contributed by atoms with Crippen LogP contribution in [0, 0.1) is 0 Å². The highest BCUT2D eigenvalue weighted by Crippen LogP contribution is 2.19. The molecular weight excluding hydrogens is 148 g/mol. The standard InChI is InChI=1S/C7H10O4/c8-5-3-6-7(11-4-5)10-2-1-9-6/h6-7H,1-4H2/t6-,7+/m1/s1. The van der Waals surface area contributed by atoms with Gasteiger partial charge in [0.2, 0.25) is 0 Å². The lowest BCUT2D eigenvalue weighted by Crippen LogP contribution is -2.46. The van der Waals surface area contributed by atoms with Gasteiger partial charge in [0.1, 0.15) is 12.7 Å². The zero-order chi connectivity index (χ0) is 7.68. The highest BCUT2D eigenvalue weighted by molar-refractivity contribution is 5.80. The maximum absolute atomic E-state index is 10.9. The number of ketones is 1. The van der Waals surface area contributed by atoms with Gasteiger partial charge in [-0.3, -0.25) is 4.79 Å². The van der Waals surface area contributed by atoms with Gasteiger partial charge in [0, 0.05) is 6.42 Å². The van der Waals surface area contributed by atoms with Gasteiger partial charge in [-0.2, -0.15) is 0 Å². The molecular formula is C7H10O4. The normalized spacial score (nSPS) is 38.4. The van der Waals surface area contributed by atoms with E-state index >= 15 is 0 Å². The summed E-state index contributed by atoms with van der Waals surface area (Å²) >= 11 is 0. The molecule has 2 fully saturated rings. The fourth-order valence-electron chi connectivity index (χ4n) is 1.32. The van der Waals surface area contributed by atoms with Crippen LogP contribution in [0.4, 0.5) is 0 Å². The van der Waals surface area contributed by atoms with E-state index in [2.05, 4.69) is 0 Å². The molecule has 0 aromatic carbocycles. The lowest BCUT2D eigenvalue weighted by Gasteiger charge is -2.34. The van der Waals surface area contributed by atoms with Gasteiger partial charge < -0.3 is 14.2 Å². The Kier molecular flexibility index (Phi) is 1.89. The van der Waals surface area contributed by atoms with Crippen molar-refractivity contribution in [1.29, 1.82) is 0 Å². The molecule has 0 radical (unpaired) electrons. The number of carbonyl (C=O) groups is 1. The summed E-state index contributed by atoms with van der Waals surface area (Å²) in [6.07, 6.45) is -0.0311. The fraction of sp³-hybridized carbons (Fsp3) is 0.857. The van der Waals surface area contributed by atoms with E-state index in [1.807, 2.05) is 0 Å². The molecule has 0 aromatic rings. The number of fused-ring (bicyclic) bond motifs is 1. The minimum atomic E-state index is -0.304. The number of Topliss-reactive ketones (excluding diaryl/α,β-unsaturated/α-hetero) is 1. The summed E-state index contributed by atoms with van der Waals surface area (Å²) in [5.74, 6) is 0.0942. The highest BCUT2D eigenvalue weighted by atomic mass is 16.7. The summed E-state index contributed by atoms with van der Waals surface area (Å²) in [5.41, 5.74) is 0. The molecule has 0 amide bonds. The Bertz CT molecular complexity index is 168. The van der Waals surface area contributed by atoms with E-state index < -0.39 is 0 Å². The van der Waals surface area contributed by atoms with Crippen molar-refractivity contribution >= 4 is 5.78 Å². The second-order valence-corrected chi connectivity index (χ2v) is 2.70. The molecule has 2 aliphatic rings. The van der Waals surface area contributed by atoms with E-state index in [-0.39, 0.29) is 24.8 Å². The summed E-state index contributed by atoms with van der Waals surface area (Å²) in [5, 5.41) is 0. The van der Waals surface area contributed by atoms with Crippen LogP contribution >= 0.6 is 0 Å². The molecule has 0 aromatic heterocycles. The van der Waals surface area contributed by atoms with Crippen LogP contribution in [0.25, 0.3) is 0 Å². The van der Waals surface area contributed by atoms with Crippen LogP contribution in [-0.2, 0) is 19.0 Å². The minimum absolute atomic E-state index is 0.0942. The van der Waals surface area contributed by atoms with Crippen LogP contribution in [0.5, 0.6) is 0 Å². The van der Waals surface area contributed by atoms with Gasteiger partial charge in [0.25, 0.3) is 0 Å². The van der Waals surface area contributed by atoms with Crippen LogP contribution in [0.1, 0.15) is 6.42 Å². The quantitative estimate of drug-likeness (QED) is 0.486. The molecule has 62 valence electrons. The van der Waals surface area contributed by atoms with Crippen molar-refractivity contribution in [2.24, 2.45) is 0 Å². The lowest BCUT2D eigenvalue weighted by atomic mass is 10.1. The van der Waals surface area contributed by atoms with Crippen molar-refractivity contribution in [3.05, 3.63) is 0 Å². The van der Waals surface area contributed by atoms with Crippen molar-refractivity contribution in [1.82, 2.24) is 0 Å². The Labute approximate surface area is 64.4 Å². The van der Waals surface area contributed by atoms with Crippen LogP contribution in [0.3, 0.4) is 0 Å². The van der Waals surface area contributed by atoms with Gasteiger partial charge in [0.05, 0.1) is 13.2 Å². The first kappa shape index (κ1) is 7.21. The third-order valence-electron chi connectivity index (χ3n) is 1.84. The van der Waals surface area contributed by atoms with Gasteiger partial charge in [-0.15, -0.1) is 0 Å². The number of ether oxygens (including phenoxy) is 3. The maximum Gasteiger partial charge on any atom is 0.184 e. The van der Waals surface area contributed by atoms with Gasteiger partial charge in [-0.1, -0.05) is 0 Å². The van der Waals surface area contributed by atoms with Crippen molar-refractivity contribution in [2.45, 2.75) is 18.8 Å². The summed E-state index contributed by atoms with van der Waals surface area (Å²) in [4.78, 5) is 10.9. The van der Waals surface area contributed by atoms with Crippen LogP contribution in [0.2, 0.25) is 0 Å². The summed E-state index contributed by atoms with van der Waals surface area (Å²) in [6, 6.07) is 0. The van der Waals surface area contributed by atoms with E-state index in [1.165, 1.54) is 0 Å². The molecule has 2 aliphatic heterocycles. The van der Waals surface area contributed by atoms with Crippen LogP contribution < -0.4 is 0 Å². The number of hydrogen-bond acceptors (Lipinski definition) is 4. The van der Waals surface area contributed by atoms with Crippen LogP contribution in [0.15, 0.2) is 0 Å². The van der Waals surface area contributed by atoms with E-state index in [0.29, 0.717) is 19.6 Å².